The lowest BCUT2D eigenvalue weighted by molar-refractivity contribution is -0.120. The molecule has 0 saturated heterocycles. The van der Waals surface area contributed by atoms with Gasteiger partial charge in [0, 0.05) is 16.8 Å². The molecule has 3 aromatic rings. The number of anilines is 1. The van der Waals surface area contributed by atoms with E-state index in [4.69, 9.17) is 4.74 Å². The average molecular weight is 400 g/mol. The molecule has 0 radical (unpaired) electrons. The summed E-state index contributed by atoms with van der Waals surface area (Å²) in [7, 11) is 1.60. The van der Waals surface area contributed by atoms with E-state index in [9.17, 15) is 9.59 Å². The molecule has 0 fully saturated rings. The van der Waals surface area contributed by atoms with Crippen LogP contribution in [0.2, 0.25) is 0 Å². The molecule has 152 valence electrons. The van der Waals surface area contributed by atoms with E-state index in [1.165, 1.54) is 0 Å². The SMILES string of the molecule is COc1ccccc1CN1C(=O)c2ccccc2C1C(=O)Nc1c(C)cccc1C. The molecule has 30 heavy (non-hydrogen) atoms. The zero-order chi connectivity index (χ0) is 21.3. The molecule has 0 spiro atoms. The summed E-state index contributed by atoms with van der Waals surface area (Å²) in [6.45, 7) is 4.20. The largest absolute Gasteiger partial charge is 0.496 e. The molecule has 0 bridgehead atoms. The first-order valence-electron chi connectivity index (χ1n) is 9.90. The predicted octanol–water partition coefficient (Wildman–Crippen LogP) is 4.65. The maximum absolute atomic E-state index is 13.4. The van der Waals surface area contributed by atoms with Gasteiger partial charge in [-0.15, -0.1) is 0 Å². The Bertz CT molecular complexity index is 1100. The van der Waals surface area contributed by atoms with E-state index in [2.05, 4.69) is 5.32 Å². The van der Waals surface area contributed by atoms with Crippen LogP contribution in [0, 0.1) is 13.8 Å². The normalized spacial score (nSPS) is 15.1. The highest BCUT2D eigenvalue weighted by Gasteiger charge is 2.41. The molecule has 0 aromatic heterocycles. The van der Waals surface area contributed by atoms with Crippen molar-refractivity contribution in [1.29, 1.82) is 0 Å². The van der Waals surface area contributed by atoms with Gasteiger partial charge in [0.1, 0.15) is 11.8 Å². The van der Waals surface area contributed by atoms with Crippen LogP contribution in [0.4, 0.5) is 5.69 Å². The third-order valence-electron chi connectivity index (χ3n) is 5.57. The van der Waals surface area contributed by atoms with Crippen LogP contribution in [-0.4, -0.2) is 23.8 Å². The molecule has 1 unspecified atom stereocenters. The third kappa shape index (κ3) is 3.43. The van der Waals surface area contributed by atoms with Gasteiger partial charge in [0.15, 0.2) is 0 Å². The molecule has 1 atom stereocenters. The maximum atomic E-state index is 13.4. The van der Waals surface area contributed by atoms with E-state index in [0.29, 0.717) is 11.3 Å². The number of carbonyl (C=O) groups is 2. The number of nitrogens with zero attached hydrogens (tertiary/aromatic N) is 1. The van der Waals surface area contributed by atoms with Gasteiger partial charge in [-0.3, -0.25) is 9.59 Å². The average Bonchev–Trinajstić information content (AvgIpc) is 3.03. The molecule has 1 aliphatic heterocycles. The number of hydrogen-bond acceptors (Lipinski definition) is 3. The Morgan fingerprint density at radius 1 is 0.967 bits per heavy atom. The van der Waals surface area contributed by atoms with E-state index < -0.39 is 6.04 Å². The molecule has 2 amide bonds. The van der Waals surface area contributed by atoms with Gasteiger partial charge in [-0.25, -0.2) is 0 Å². The van der Waals surface area contributed by atoms with E-state index in [1.807, 2.05) is 74.5 Å². The van der Waals surface area contributed by atoms with Gasteiger partial charge in [-0.2, -0.15) is 0 Å². The van der Waals surface area contributed by atoms with Crippen molar-refractivity contribution in [3.8, 4) is 5.75 Å². The van der Waals surface area contributed by atoms with Crippen LogP contribution in [0.15, 0.2) is 66.7 Å². The number of nitrogens with one attached hydrogen (secondary N) is 1. The minimum atomic E-state index is -0.711. The Hall–Kier alpha value is -3.60. The van der Waals surface area contributed by atoms with Crippen LogP contribution in [-0.2, 0) is 11.3 Å². The minimum Gasteiger partial charge on any atom is -0.496 e. The van der Waals surface area contributed by atoms with Crippen LogP contribution >= 0.6 is 0 Å². The summed E-state index contributed by atoms with van der Waals surface area (Å²) in [5.41, 5.74) is 4.90. The fourth-order valence-corrected chi connectivity index (χ4v) is 4.04. The number of amides is 2. The fourth-order valence-electron chi connectivity index (χ4n) is 4.04. The molecule has 3 aromatic carbocycles. The zero-order valence-corrected chi connectivity index (χ0v) is 17.3. The molecular weight excluding hydrogens is 376 g/mol. The first-order valence-corrected chi connectivity index (χ1v) is 9.90. The third-order valence-corrected chi connectivity index (χ3v) is 5.57. The number of ether oxygens (including phenoxy) is 1. The summed E-state index contributed by atoms with van der Waals surface area (Å²) in [6.07, 6.45) is 0. The smallest absolute Gasteiger partial charge is 0.255 e. The Balaban J connectivity index is 1.72. The van der Waals surface area contributed by atoms with Crippen molar-refractivity contribution in [2.45, 2.75) is 26.4 Å². The summed E-state index contributed by atoms with van der Waals surface area (Å²) in [5.74, 6) is 0.314. The Morgan fingerprint density at radius 3 is 2.37 bits per heavy atom. The molecule has 1 heterocycles. The zero-order valence-electron chi connectivity index (χ0n) is 17.3. The lowest BCUT2D eigenvalue weighted by atomic mass is 10.0. The number of carbonyl (C=O) groups excluding carboxylic acids is 2. The number of hydrogen-bond donors (Lipinski definition) is 1. The van der Waals surface area contributed by atoms with Crippen molar-refractivity contribution in [2.24, 2.45) is 0 Å². The number of aryl methyl sites for hydroxylation is 2. The van der Waals surface area contributed by atoms with Crippen molar-refractivity contribution >= 4 is 17.5 Å². The topological polar surface area (TPSA) is 58.6 Å². The molecular formula is C25H24N2O3. The van der Waals surface area contributed by atoms with Gasteiger partial charge in [-0.1, -0.05) is 54.6 Å². The van der Waals surface area contributed by atoms with Crippen LogP contribution < -0.4 is 10.1 Å². The standard InChI is InChI=1S/C25H24N2O3/c1-16-9-8-10-17(2)22(16)26-24(28)23-19-12-5-6-13-20(19)25(29)27(23)15-18-11-4-7-14-21(18)30-3/h4-14,23H,15H2,1-3H3,(H,26,28). The van der Waals surface area contributed by atoms with Gasteiger partial charge in [0.25, 0.3) is 11.8 Å². The van der Waals surface area contributed by atoms with Gasteiger partial charge in [-0.05, 0) is 42.7 Å². The summed E-state index contributed by atoms with van der Waals surface area (Å²) < 4.78 is 5.45. The number of rotatable bonds is 5. The fraction of sp³-hybridized carbons (Fsp3) is 0.200. The lowest BCUT2D eigenvalue weighted by Crippen LogP contribution is -2.35. The van der Waals surface area contributed by atoms with E-state index in [0.717, 1.165) is 27.9 Å². The van der Waals surface area contributed by atoms with Crippen molar-refractivity contribution in [3.05, 3.63) is 94.5 Å². The monoisotopic (exact) mass is 400 g/mol. The van der Waals surface area contributed by atoms with Crippen molar-refractivity contribution in [3.63, 3.8) is 0 Å². The van der Waals surface area contributed by atoms with Crippen LogP contribution in [0.1, 0.15) is 38.7 Å². The van der Waals surface area contributed by atoms with E-state index in [1.54, 1.807) is 18.1 Å². The Labute approximate surface area is 176 Å². The van der Waals surface area contributed by atoms with Crippen LogP contribution in [0.25, 0.3) is 0 Å². The molecule has 0 saturated carbocycles. The lowest BCUT2D eigenvalue weighted by Gasteiger charge is -2.26. The highest BCUT2D eigenvalue weighted by atomic mass is 16.5. The highest BCUT2D eigenvalue weighted by molar-refractivity contribution is 6.08. The van der Waals surface area contributed by atoms with Crippen molar-refractivity contribution < 1.29 is 14.3 Å². The second-order valence-corrected chi connectivity index (χ2v) is 7.49. The molecule has 0 aliphatic carbocycles. The van der Waals surface area contributed by atoms with Crippen molar-refractivity contribution in [2.75, 3.05) is 12.4 Å². The second-order valence-electron chi connectivity index (χ2n) is 7.49. The summed E-state index contributed by atoms with van der Waals surface area (Å²) in [5, 5.41) is 3.06. The summed E-state index contributed by atoms with van der Waals surface area (Å²) in [6, 6.07) is 20.0. The summed E-state index contributed by atoms with van der Waals surface area (Å²) >= 11 is 0. The molecule has 5 nitrogen and oxygen atoms in total. The summed E-state index contributed by atoms with van der Waals surface area (Å²) in [4.78, 5) is 28.3. The second kappa shape index (κ2) is 8.03. The van der Waals surface area contributed by atoms with Gasteiger partial charge >= 0.3 is 0 Å². The molecule has 1 N–H and O–H groups in total. The number of benzene rings is 3. The Morgan fingerprint density at radius 2 is 1.63 bits per heavy atom. The highest BCUT2D eigenvalue weighted by Crippen LogP contribution is 2.37. The first kappa shape index (κ1) is 19.7. The predicted molar refractivity (Wildman–Crippen MR) is 117 cm³/mol. The quantitative estimate of drug-likeness (QED) is 0.678. The van der Waals surface area contributed by atoms with E-state index >= 15 is 0 Å². The van der Waals surface area contributed by atoms with Gasteiger partial charge < -0.3 is 15.0 Å². The van der Waals surface area contributed by atoms with Gasteiger partial charge in [0.05, 0.1) is 13.7 Å². The maximum Gasteiger partial charge on any atom is 0.255 e. The molecule has 1 aliphatic rings. The molecule has 5 heteroatoms. The number of fused-ring (bicyclic) bond motifs is 1. The minimum absolute atomic E-state index is 0.154. The van der Waals surface area contributed by atoms with Gasteiger partial charge in [0.2, 0.25) is 0 Å². The first-order chi connectivity index (χ1) is 14.5. The van der Waals surface area contributed by atoms with E-state index in [-0.39, 0.29) is 18.4 Å². The van der Waals surface area contributed by atoms with Crippen LogP contribution in [0.5, 0.6) is 5.75 Å². The van der Waals surface area contributed by atoms with Crippen molar-refractivity contribution in [1.82, 2.24) is 4.90 Å². The molecule has 4 rings (SSSR count). The van der Waals surface area contributed by atoms with Crippen LogP contribution in [0.3, 0.4) is 0 Å². The number of methoxy groups -OCH3 is 1. The number of para-hydroxylation sites is 2. The Kier molecular flexibility index (Phi) is 5.27.